The van der Waals surface area contributed by atoms with Gasteiger partial charge in [-0.1, -0.05) is 12.1 Å². The number of rotatable bonds is 2. The van der Waals surface area contributed by atoms with E-state index >= 15 is 0 Å². The van der Waals surface area contributed by atoms with Crippen molar-refractivity contribution in [3.05, 3.63) is 42.2 Å². The summed E-state index contributed by atoms with van der Waals surface area (Å²) < 4.78 is 23.0. The van der Waals surface area contributed by atoms with E-state index in [2.05, 4.69) is 15.2 Å². The number of aryl methyl sites for hydroxylation is 1. The molecule has 1 aromatic carbocycles. The molecule has 2 aromatic heterocycles. The Morgan fingerprint density at radius 1 is 1.10 bits per heavy atom. The Balaban J connectivity index is 2.19. The molecular formula is C14H13N3O2S. The lowest BCUT2D eigenvalue weighted by Gasteiger charge is -2.04. The normalized spacial score (nSPS) is 11.9. The van der Waals surface area contributed by atoms with Crippen LogP contribution in [0, 0.1) is 6.92 Å². The summed E-state index contributed by atoms with van der Waals surface area (Å²) >= 11 is 0. The molecule has 0 radical (unpaired) electrons. The lowest BCUT2D eigenvalue weighted by molar-refractivity contribution is 0.602. The maximum absolute atomic E-state index is 11.5. The first-order valence-corrected chi connectivity index (χ1v) is 7.96. The molecule has 102 valence electrons. The molecule has 0 aliphatic carbocycles. The largest absolute Gasteiger partial charge is 0.282 e. The minimum Gasteiger partial charge on any atom is -0.282 e. The first-order valence-electron chi connectivity index (χ1n) is 6.07. The summed E-state index contributed by atoms with van der Waals surface area (Å²) in [5.74, 6) is 0. The number of fused-ring (bicyclic) bond motifs is 1. The van der Waals surface area contributed by atoms with Gasteiger partial charge in [-0.25, -0.2) is 8.42 Å². The summed E-state index contributed by atoms with van der Waals surface area (Å²) in [5.41, 5.74) is 3.45. The van der Waals surface area contributed by atoms with Crippen LogP contribution in [0.3, 0.4) is 0 Å². The van der Waals surface area contributed by atoms with Crippen LogP contribution in [0.5, 0.6) is 0 Å². The van der Waals surface area contributed by atoms with Crippen molar-refractivity contribution >= 4 is 20.7 Å². The van der Waals surface area contributed by atoms with Crippen molar-refractivity contribution in [3.63, 3.8) is 0 Å². The third-order valence-corrected chi connectivity index (χ3v) is 4.33. The average Bonchev–Trinajstić information content (AvgIpc) is 2.80. The molecule has 2 heterocycles. The van der Waals surface area contributed by atoms with E-state index in [9.17, 15) is 8.42 Å². The van der Waals surface area contributed by atoms with Gasteiger partial charge >= 0.3 is 0 Å². The fraction of sp³-hybridized carbons (Fsp3) is 0.143. The smallest absolute Gasteiger partial charge is 0.175 e. The van der Waals surface area contributed by atoms with Crippen molar-refractivity contribution in [2.75, 3.05) is 6.26 Å². The molecule has 0 saturated carbocycles. The number of sulfone groups is 1. The molecule has 5 nitrogen and oxygen atoms in total. The number of benzene rings is 1. The van der Waals surface area contributed by atoms with Crippen LogP contribution in [-0.4, -0.2) is 29.9 Å². The lowest BCUT2D eigenvalue weighted by atomic mass is 10.1. The SMILES string of the molecule is Cc1[nH]nc2ccnc(-c3ccc(S(C)(=O)=O)cc3)c12. The fourth-order valence-electron chi connectivity index (χ4n) is 2.19. The number of aromatic nitrogens is 3. The maximum Gasteiger partial charge on any atom is 0.175 e. The Morgan fingerprint density at radius 2 is 1.80 bits per heavy atom. The van der Waals surface area contributed by atoms with E-state index in [0.717, 1.165) is 27.9 Å². The van der Waals surface area contributed by atoms with Crippen LogP contribution in [0.25, 0.3) is 22.2 Å². The van der Waals surface area contributed by atoms with Gasteiger partial charge in [-0.15, -0.1) is 0 Å². The summed E-state index contributed by atoms with van der Waals surface area (Å²) in [6, 6.07) is 8.57. The molecule has 0 unspecified atom stereocenters. The minimum absolute atomic E-state index is 0.303. The molecule has 0 aliphatic rings. The van der Waals surface area contributed by atoms with Crippen molar-refractivity contribution in [2.24, 2.45) is 0 Å². The zero-order valence-electron chi connectivity index (χ0n) is 11.1. The Hall–Kier alpha value is -2.21. The maximum atomic E-state index is 11.5. The second-order valence-corrected chi connectivity index (χ2v) is 6.71. The second kappa shape index (κ2) is 4.42. The molecule has 0 fully saturated rings. The predicted octanol–water partition coefficient (Wildman–Crippen LogP) is 2.34. The number of aromatic amines is 1. The Bertz CT molecular complexity index is 880. The highest BCUT2D eigenvalue weighted by molar-refractivity contribution is 7.90. The number of nitrogens with zero attached hydrogens (tertiary/aromatic N) is 2. The molecule has 0 aliphatic heterocycles. The average molecular weight is 287 g/mol. The van der Waals surface area contributed by atoms with Crippen LogP contribution < -0.4 is 0 Å². The molecule has 0 atom stereocenters. The lowest BCUT2D eigenvalue weighted by Crippen LogP contribution is -1.96. The van der Waals surface area contributed by atoms with Gasteiger partial charge in [0, 0.05) is 29.1 Å². The topological polar surface area (TPSA) is 75.7 Å². The zero-order valence-corrected chi connectivity index (χ0v) is 11.9. The Morgan fingerprint density at radius 3 is 2.45 bits per heavy atom. The van der Waals surface area contributed by atoms with Crippen molar-refractivity contribution in [2.45, 2.75) is 11.8 Å². The highest BCUT2D eigenvalue weighted by Gasteiger charge is 2.12. The molecule has 6 heteroatoms. The predicted molar refractivity (Wildman–Crippen MR) is 77.2 cm³/mol. The molecule has 3 aromatic rings. The third-order valence-electron chi connectivity index (χ3n) is 3.20. The molecule has 0 bridgehead atoms. The number of hydrogen-bond donors (Lipinski definition) is 1. The molecule has 0 amide bonds. The highest BCUT2D eigenvalue weighted by atomic mass is 32.2. The van der Waals surface area contributed by atoms with Gasteiger partial charge in [0.05, 0.1) is 16.1 Å². The van der Waals surface area contributed by atoms with Crippen molar-refractivity contribution < 1.29 is 8.42 Å². The first kappa shape index (κ1) is 12.8. The van der Waals surface area contributed by atoms with E-state index in [1.54, 1.807) is 30.5 Å². The number of nitrogens with one attached hydrogen (secondary N) is 1. The summed E-state index contributed by atoms with van der Waals surface area (Å²) in [4.78, 5) is 4.70. The van der Waals surface area contributed by atoms with Crippen LogP contribution in [0.4, 0.5) is 0 Å². The van der Waals surface area contributed by atoms with Gasteiger partial charge in [-0.2, -0.15) is 5.10 Å². The first-order chi connectivity index (χ1) is 9.47. The summed E-state index contributed by atoms with van der Waals surface area (Å²) in [5, 5.41) is 8.09. The van der Waals surface area contributed by atoms with Gasteiger partial charge in [0.15, 0.2) is 9.84 Å². The van der Waals surface area contributed by atoms with E-state index in [-0.39, 0.29) is 0 Å². The molecule has 0 saturated heterocycles. The van der Waals surface area contributed by atoms with Gasteiger partial charge in [0.25, 0.3) is 0 Å². The number of H-pyrrole nitrogens is 1. The van der Waals surface area contributed by atoms with Crippen LogP contribution in [-0.2, 0) is 9.84 Å². The zero-order chi connectivity index (χ0) is 14.3. The van der Waals surface area contributed by atoms with Gasteiger partial charge in [0.1, 0.15) is 0 Å². The Labute approximate surface area is 116 Å². The van der Waals surface area contributed by atoms with Crippen molar-refractivity contribution in [1.29, 1.82) is 0 Å². The minimum atomic E-state index is -3.18. The van der Waals surface area contributed by atoms with Gasteiger partial charge in [-0.3, -0.25) is 10.1 Å². The molecule has 1 N–H and O–H groups in total. The van der Waals surface area contributed by atoms with Crippen molar-refractivity contribution in [1.82, 2.24) is 15.2 Å². The van der Waals surface area contributed by atoms with E-state index in [1.807, 2.05) is 13.0 Å². The standard InChI is InChI=1S/C14H13N3O2S/c1-9-13-12(17-16-9)7-8-15-14(13)10-3-5-11(6-4-10)20(2,18)19/h3-8H,1-2H3,(H,16,17). The van der Waals surface area contributed by atoms with E-state index < -0.39 is 9.84 Å². The third kappa shape index (κ3) is 2.08. The van der Waals surface area contributed by atoms with Gasteiger partial charge < -0.3 is 0 Å². The van der Waals surface area contributed by atoms with E-state index in [4.69, 9.17) is 0 Å². The van der Waals surface area contributed by atoms with Crippen LogP contribution in [0.15, 0.2) is 41.4 Å². The molecule has 3 rings (SSSR count). The van der Waals surface area contributed by atoms with E-state index in [1.165, 1.54) is 6.26 Å². The Kier molecular flexibility index (Phi) is 2.83. The second-order valence-electron chi connectivity index (χ2n) is 4.70. The van der Waals surface area contributed by atoms with Crippen LogP contribution in [0.2, 0.25) is 0 Å². The van der Waals surface area contributed by atoms with Crippen molar-refractivity contribution in [3.8, 4) is 11.3 Å². The summed E-state index contributed by atoms with van der Waals surface area (Å²) in [6.07, 6.45) is 2.89. The summed E-state index contributed by atoms with van der Waals surface area (Å²) in [7, 11) is -3.18. The highest BCUT2D eigenvalue weighted by Crippen LogP contribution is 2.28. The van der Waals surface area contributed by atoms with Gasteiger partial charge in [-0.05, 0) is 25.1 Å². The molecule has 0 spiro atoms. The van der Waals surface area contributed by atoms with E-state index in [0.29, 0.717) is 4.90 Å². The quantitative estimate of drug-likeness (QED) is 0.785. The molecule has 20 heavy (non-hydrogen) atoms. The number of hydrogen-bond acceptors (Lipinski definition) is 4. The summed E-state index contributed by atoms with van der Waals surface area (Å²) in [6.45, 7) is 1.94. The molecular weight excluding hydrogens is 274 g/mol. The van der Waals surface area contributed by atoms with Crippen LogP contribution >= 0.6 is 0 Å². The van der Waals surface area contributed by atoms with Gasteiger partial charge in [0.2, 0.25) is 0 Å². The number of pyridine rings is 1. The monoisotopic (exact) mass is 287 g/mol. The fourth-order valence-corrected chi connectivity index (χ4v) is 2.82. The van der Waals surface area contributed by atoms with Crippen LogP contribution in [0.1, 0.15) is 5.69 Å².